The van der Waals surface area contributed by atoms with Crippen LogP contribution in [0.1, 0.15) is 24.2 Å². The topological polar surface area (TPSA) is 67.9 Å². The molecular formula is C19H20N2O4. The van der Waals surface area contributed by atoms with Gasteiger partial charge in [0.05, 0.1) is 12.6 Å². The summed E-state index contributed by atoms with van der Waals surface area (Å²) in [6.45, 7) is 4.83. The lowest BCUT2D eigenvalue weighted by Crippen LogP contribution is -2.23. The normalized spacial score (nSPS) is 13.7. The van der Waals surface area contributed by atoms with Crippen LogP contribution in [0.4, 0.5) is 16.2 Å². The molecule has 0 atom stereocenters. The number of amides is 2. The van der Waals surface area contributed by atoms with E-state index in [1.165, 1.54) is 4.90 Å². The molecule has 0 aliphatic carbocycles. The SMILES string of the molecule is CC(C)Oc1ccc(NC(=O)c2ccc(N3CCOC3=O)cc2)cc1. The van der Waals surface area contributed by atoms with Crippen LogP contribution in [-0.2, 0) is 4.74 Å². The number of ether oxygens (including phenoxy) is 2. The van der Waals surface area contributed by atoms with Crippen LogP contribution in [0.25, 0.3) is 0 Å². The van der Waals surface area contributed by atoms with Crippen LogP contribution < -0.4 is 15.0 Å². The molecule has 6 heteroatoms. The summed E-state index contributed by atoms with van der Waals surface area (Å²) in [4.78, 5) is 25.4. The Morgan fingerprint density at radius 1 is 1.12 bits per heavy atom. The van der Waals surface area contributed by atoms with Crippen LogP contribution in [0.3, 0.4) is 0 Å². The maximum absolute atomic E-state index is 12.3. The van der Waals surface area contributed by atoms with E-state index in [1.54, 1.807) is 36.4 Å². The summed E-state index contributed by atoms with van der Waals surface area (Å²) in [6, 6.07) is 14.1. The zero-order valence-corrected chi connectivity index (χ0v) is 14.2. The van der Waals surface area contributed by atoms with Crippen molar-refractivity contribution in [3.63, 3.8) is 0 Å². The highest BCUT2D eigenvalue weighted by atomic mass is 16.6. The van der Waals surface area contributed by atoms with Crippen LogP contribution in [-0.4, -0.2) is 31.3 Å². The van der Waals surface area contributed by atoms with Crippen molar-refractivity contribution in [1.82, 2.24) is 0 Å². The number of rotatable bonds is 5. The summed E-state index contributed by atoms with van der Waals surface area (Å²) in [5.74, 6) is 0.544. The van der Waals surface area contributed by atoms with Gasteiger partial charge in [-0.1, -0.05) is 0 Å². The van der Waals surface area contributed by atoms with Crippen molar-refractivity contribution in [2.24, 2.45) is 0 Å². The molecule has 1 aliphatic rings. The van der Waals surface area contributed by atoms with E-state index >= 15 is 0 Å². The molecule has 130 valence electrons. The summed E-state index contributed by atoms with van der Waals surface area (Å²) >= 11 is 0. The van der Waals surface area contributed by atoms with Crippen LogP contribution in [0.15, 0.2) is 48.5 Å². The Bertz CT molecular complexity index is 754. The number of hydrogen-bond acceptors (Lipinski definition) is 4. The molecule has 0 radical (unpaired) electrons. The Morgan fingerprint density at radius 3 is 2.36 bits per heavy atom. The third kappa shape index (κ3) is 4.09. The van der Waals surface area contributed by atoms with Crippen molar-refractivity contribution in [1.29, 1.82) is 0 Å². The van der Waals surface area contributed by atoms with Gasteiger partial charge in [-0.25, -0.2) is 4.79 Å². The third-order valence-corrected chi connectivity index (χ3v) is 3.69. The van der Waals surface area contributed by atoms with E-state index in [0.717, 1.165) is 5.75 Å². The molecule has 25 heavy (non-hydrogen) atoms. The van der Waals surface area contributed by atoms with Gasteiger partial charge >= 0.3 is 6.09 Å². The predicted octanol–water partition coefficient (Wildman–Crippen LogP) is 3.68. The smallest absolute Gasteiger partial charge is 0.414 e. The van der Waals surface area contributed by atoms with Gasteiger partial charge in [0.1, 0.15) is 12.4 Å². The maximum atomic E-state index is 12.3. The molecule has 1 aliphatic heterocycles. The van der Waals surface area contributed by atoms with Crippen LogP contribution in [0.5, 0.6) is 5.75 Å². The average Bonchev–Trinajstić information content (AvgIpc) is 3.02. The number of nitrogens with one attached hydrogen (secondary N) is 1. The van der Waals surface area contributed by atoms with Gasteiger partial charge < -0.3 is 14.8 Å². The van der Waals surface area contributed by atoms with Crippen LogP contribution >= 0.6 is 0 Å². The van der Waals surface area contributed by atoms with E-state index in [-0.39, 0.29) is 18.1 Å². The molecule has 2 aromatic carbocycles. The van der Waals surface area contributed by atoms with E-state index in [1.807, 2.05) is 26.0 Å². The maximum Gasteiger partial charge on any atom is 0.414 e. The van der Waals surface area contributed by atoms with E-state index in [9.17, 15) is 9.59 Å². The van der Waals surface area contributed by atoms with Gasteiger partial charge in [0.2, 0.25) is 0 Å². The molecule has 0 saturated carbocycles. The van der Waals surface area contributed by atoms with E-state index < -0.39 is 0 Å². The Labute approximate surface area is 146 Å². The summed E-state index contributed by atoms with van der Waals surface area (Å²) in [5.41, 5.74) is 1.92. The second-order valence-electron chi connectivity index (χ2n) is 5.96. The van der Waals surface area contributed by atoms with E-state index in [0.29, 0.717) is 30.1 Å². The van der Waals surface area contributed by atoms with E-state index in [4.69, 9.17) is 9.47 Å². The fraction of sp³-hybridized carbons (Fsp3) is 0.263. The molecule has 1 heterocycles. The van der Waals surface area contributed by atoms with Gasteiger partial charge in [-0.3, -0.25) is 9.69 Å². The molecule has 1 saturated heterocycles. The molecule has 6 nitrogen and oxygen atoms in total. The minimum Gasteiger partial charge on any atom is -0.491 e. The highest BCUT2D eigenvalue weighted by Gasteiger charge is 2.23. The van der Waals surface area contributed by atoms with Gasteiger partial charge in [-0.05, 0) is 62.4 Å². The summed E-state index contributed by atoms with van der Waals surface area (Å²) in [6.07, 6.45) is -0.257. The number of anilines is 2. The zero-order chi connectivity index (χ0) is 17.8. The van der Waals surface area contributed by atoms with E-state index in [2.05, 4.69) is 5.32 Å². The van der Waals surface area contributed by atoms with Gasteiger partial charge in [0, 0.05) is 16.9 Å². The lowest BCUT2D eigenvalue weighted by molar-refractivity contribution is 0.102. The van der Waals surface area contributed by atoms with Crippen LogP contribution in [0.2, 0.25) is 0 Å². The van der Waals surface area contributed by atoms with Crippen molar-refractivity contribution >= 4 is 23.4 Å². The van der Waals surface area contributed by atoms with Crippen molar-refractivity contribution in [3.05, 3.63) is 54.1 Å². The van der Waals surface area contributed by atoms with Gasteiger partial charge in [-0.15, -0.1) is 0 Å². The first-order valence-electron chi connectivity index (χ1n) is 8.15. The Balaban J connectivity index is 1.64. The molecule has 0 unspecified atom stereocenters. The fourth-order valence-electron chi connectivity index (χ4n) is 2.51. The molecule has 0 bridgehead atoms. The first kappa shape index (κ1) is 16.8. The zero-order valence-electron chi connectivity index (χ0n) is 14.2. The number of cyclic esters (lactones) is 1. The molecule has 2 aromatic rings. The summed E-state index contributed by atoms with van der Waals surface area (Å²) in [5, 5.41) is 2.84. The lowest BCUT2D eigenvalue weighted by atomic mass is 10.1. The average molecular weight is 340 g/mol. The number of carbonyl (C=O) groups is 2. The third-order valence-electron chi connectivity index (χ3n) is 3.69. The minimum absolute atomic E-state index is 0.104. The largest absolute Gasteiger partial charge is 0.491 e. The first-order valence-corrected chi connectivity index (χ1v) is 8.15. The second-order valence-corrected chi connectivity index (χ2v) is 5.96. The first-order chi connectivity index (χ1) is 12.0. The van der Waals surface area contributed by atoms with Crippen molar-refractivity contribution in [2.75, 3.05) is 23.4 Å². The fourth-order valence-corrected chi connectivity index (χ4v) is 2.51. The van der Waals surface area contributed by atoms with Crippen molar-refractivity contribution < 1.29 is 19.1 Å². The standard InChI is InChI=1S/C19H20N2O4/c1-13(2)25-17-9-5-15(6-10-17)20-18(22)14-3-7-16(8-4-14)21-11-12-24-19(21)23/h3-10,13H,11-12H2,1-2H3,(H,20,22). The highest BCUT2D eigenvalue weighted by molar-refractivity contribution is 6.04. The number of carbonyl (C=O) groups excluding carboxylic acids is 2. The Hall–Kier alpha value is -3.02. The molecule has 3 rings (SSSR count). The Kier molecular flexibility index (Phi) is 4.88. The van der Waals surface area contributed by atoms with Crippen molar-refractivity contribution in [2.45, 2.75) is 20.0 Å². The molecule has 1 fully saturated rings. The summed E-state index contributed by atoms with van der Waals surface area (Å²) in [7, 11) is 0. The van der Waals surface area contributed by atoms with Gasteiger partial charge in [0.15, 0.2) is 0 Å². The number of benzene rings is 2. The number of nitrogens with zero attached hydrogens (tertiary/aromatic N) is 1. The monoisotopic (exact) mass is 340 g/mol. The van der Waals surface area contributed by atoms with Gasteiger partial charge in [-0.2, -0.15) is 0 Å². The number of hydrogen-bond donors (Lipinski definition) is 1. The molecule has 1 N–H and O–H groups in total. The Morgan fingerprint density at radius 2 is 1.80 bits per heavy atom. The molecule has 0 aromatic heterocycles. The lowest BCUT2D eigenvalue weighted by Gasteiger charge is -2.13. The minimum atomic E-state index is -0.360. The molecular weight excluding hydrogens is 320 g/mol. The molecule has 0 spiro atoms. The predicted molar refractivity (Wildman–Crippen MR) is 95.3 cm³/mol. The van der Waals surface area contributed by atoms with Gasteiger partial charge in [0.25, 0.3) is 5.91 Å². The second kappa shape index (κ2) is 7.25. The quantitative estimate of drug-likeness (QED) is 0.901. The highest BCUT2D eigenvalue weighted by Crippen LogP contribution is 2.21. The molecule has 2 amide bonds. The van der Waals surface area contributed by atoms with Crippen LogP contribution in [0, 0.1) is 0 Å². The van der Waals surface area contributed by atoms with Crippen molar-refractivity contribution in [3.8, 4) is 5.75 Å². The summed E-state index contributed by atoms with van der Waals surface area (Å²) < 4.78 is 10.5.